The third kappa shape index (κ3) is 4.83. The molecule has 138 valence electrons. The Morgan fingerprint density at radius 3 is 2.60 bits per heavy atom. The summed E-state index contributed by atoms with van der Waals surface area (Å²) in [6.07, 6.45) is -2.47. The molecule has 0 saturated heterocycles. The van der Waals surface area contributed by atoms with Gasteiger partial charge in [-0.25, -0.2) is 0 Å². The largest absolute Gasteiger partial charge is 0.493 e. The highest BCUT2D eigenvalue weighted by Gasteiger charge is 2.37. The normalized spacial score (nSPS) is 14.7. The van der Waals surface area contributed by atoms with E-state index in [-0.39, 0.29) is 24.0 Å². The summed E-state index contributed by atoms with van der Waals surface area (Å²) in [4.78, 5) is 27.4. The van der Waals surface area contributed by atoms with Crippen LogP contribution in [0.4, 0.5) is 19.0 Å². The lowest BCUT2D eigenvalue weighted by atomic mass is 9.93. The van der Waals surface area contributed by atoms with Crippen molar-refractivity contribution in [1.29, 1.82) is 0 Å². The van der Waals surface area contributed by atoms with Crippen LogP contribution in [-0.2, 0) is 15.7 Å². The molecule has 1 aromatic rings. The second-order valence-electron chi connectivity index (χ2n) is 5.85. The van der Waals surface area contributed by atoms with E-state index < -0.39 is 35.8 Å². The molecule has 1 heterocycles. The van der Waals surface area contributed by atoms with Crippen molar-refractivity contribution in [3.05, 3.63) is 17.2 Å². The molecule has 0 bridgehead atoms. The molecular weight excluding hydrogens is 341 g/mol. The molecule has 6 nitrogen and oxygen atoms in total. The molecule has 1 fully saturated rings. The van der Waals surface area contributed by atoms with Gasteiger partial charge in [-0.05, 0) is 31.7 Å². The fraction of sp³-hybridized carbons (Fsp3) is 0.562. The number of aromatic nitrogens is 1. The number of nitrogens with one attached hydrogen (secondary N) is 1. The predicted octanol–water partition coefficient (Wildman–Crippen LogP) is 3.30. The Kier molecular flexibility index (Phi) is 5.86. The smallest absolute Gasteiger partial charge is 0.421 e. The highest BCUT2D eigenvalue weighted by atomic mass is 19.4. The SMILES string of the molecule is CCCOC(=O)CC(=O)c1cc(C(F)(F)F)c(O)nc1NC1CCC1. The van der Waals surface area contributed by atoms with Crippen molar-refractivity contribution in [1.82, 2.24) is 4.98 Å². The molecule has 2 N–H and O–H groups in total. The van der Waals surface area contributed by atoms with E-state index in [0.29, 0.717) is 12.5 Å². The molecule has 25 heavy (non-hydrogen) atoms. The molecule has 1 aromatic heterocycles. The zero-order valence-corrected chi connectivity index (χ0v) is 13.7. The highest BCUT2D eigenvalue weighted by molar-refractivity contribution is 6.08. The molecule has 0 unspecified atom stereocenters. The van der Waals surface area contributed by atoms with Crippen molar-refractivity contribution in [3.63, 3.8) is 0 Å². The zero-order valence-electron chi connectivity index (χ0n) is 13.7. The summed E-state index contributed by atoms with van der Waals surface area (Å²) >= 11 is 0. The van der Waals surface area contributed by atoms with Crippen LogP contribution in [0.15, 0.2) is 6.07 Å². The van der Waals surface area contributed by atoms with E-state index in [2.05, 4.69) is 10.3 Å². The van der Waals surface area contributed by atoms with Gasteiger partial charge in [-0.2, -0.15) is 18.2 Å². The molecule has 0 aliphatic heterocycles. The Balaban J connectivity index is 2.30. The summed E-state index contributed by atoms with van der Waals surface area (Å²) in [5.41, 5.74) is -1.80. The summed E-state index contributed by atoms with van der Waals surface area (Å²) in [6.45, 7) is 1.90. The Morgan fingerprint density at radius 1 is 1.40 bits per heavy atom. The van der Waals surface area contributed by atoms with Crippen LogP contribution < -0.4 is 5.32 Å². The van der Waals surface area contributed by atoms with Gasteiger partial charge in [-0.15, -0.1) is 0 Å². The van der Waals surface area contributed by atoms with Crippen molar-refractivity contribution in [3.8, 4) is 5.88 Å². The number of alkyl halides is 3. The number of hydrogen-bond donors (Lipinski definition) is 2. The van der Waals surface area contributed by atoms with Crippen LogP contribution in [-0.4, -0.2) is 34.5 Å². The van der Waals surface area contributed by atoms with Gasteiger partial charge in [0, 0.05) is 6.04 Å². The Labute approximate surface area is 142 Å². The number of nitrogens with zero attached hydrogens (tertiary/aromatic N) is 1. The average Bonchev–Trinajstić information content (AvgIpc) is 2.47. The molecule has 9 heteroatoms. The molecule has 0 amide bonds. The first-order valence-corrected chi connectivity index (χ1v) is 7.99. The molecule has 0 spiro atoms. The number of Topliss-reactive ketones (excluding diaryl/α,β-unsaturated/α-hetero) is 1. The van der Waals surface area contributed by atoms with Crippen LogP contribution >= 0.6 is 0 Å². The number of anilines is 1. The van der Waals surface area contributed by atoms with Gasteiger partial charge in [0.15, 0.2) is 5.78 Å². The molecule has 1 saturated carbocycles. The lowest BCUT2D eigenvalue weighted by Gasteiger charge is -2.28. The molecule has 1 aliphatic carbocycles. The van der Waals surface area contributed by atoms with Gasteiger partial charge in [0.1, 0.15) is 17.8 Å². The number of hydrogen-bond acceptors (Lipinski definition) is 6. The lowest BCUT2D eigenvalue weighted by Crippen LogP contribution is -2.29. The summed E-state index contributed by atoms with van der Waals surface area (Å²) < 4.78 is 43.7. The van der Waals surface area contributed by atoms with Crippen LogP contribution in [0.3, 0.4) is 0 Å². The Morgan fingerprint density at radius 2 is 2.08 bits per heavy atom. The standard InChI is InChI=1S/C16H19F3N2O4/c1-2-6-25-13(23)8-12(22)10-7-11(16(17,18)19)15(24)21-14(10)20-9-4-3-5-9/h7,9H,2-6,8H2,1H3,(H2,20,21,24). The summed E-state index contributed by atoms with van der Waals surface area (Å²) in [5.74, 6) is -3.02. The van der Waals surface area contributed by atoms with Gasteiger partial charge in [-0.1, -0.05) is 6.92 Å². The quantitative estimate of drug-likeness (QED) is 0.441. The van der Waals surface area contributed by atoms with Crippen molar-refractivity contribution in [2.24, 2.45) is 0 Å². The van der Waals surface area contributed by atoms with Crippen LogP contribution in [0.25, 0.3) is 0 Å². The molecule has 1 aliphatic rings. The minimum absolute atomic E-state index is 0.0257. The first kappa shape index (κ1) is 19.0. The van der Waals surface area contributed by atoms with E-state index in [1.807, 2.05) is 0 Å². The van der Waals surface area contributed by atoms with Gasteiger partial charge in [-0.3, -0.25) is 9.59 Å². The van der Waals surface area contributed by atoms with E-state index in [1.165, 1.54) is 0 Å². The number of esters is 1. The predicted molar refractivity (Wildman–Crippen MR) is 82.4 cm³/mol. The average molecular weight is 360 g/mol. The van der Waals surface area contributed by atoms with E-state index in [4.69, 9.17) is 4.74 Å². The number of pyridine rings is 1. The number of aromatic hydroxyl groups is 1. The van der Waals surface area contributed by atoms with Gasteiger partial charge < -0.3 is 15.2 Å². The van der Waals surface area contributed by atoms with E-state index in [0.717, 1.165) is 19.3 Å². The van der Waals surface area contributed by atoms with Crippen LogP contribution in [0.2, 0.25) is 0 Å². The molecule has 0 aromatic carbocycles. The highest BCUT2D eigenvalue weighted by Crippen LogP contribution is 2.37. The zero-order chi connectivity index (χ0) is 18.6. The molecule has 0 atom stereocenters. The lowest BCUT2D eigenvalue weighted by molar-refractivity contribution is -0.142. The van der Waals surface area contributed by atoms with Gasteiger partial charge in [0.2, 0.25) is 5.88 Å². The fourth-order valence-electron chi connectivity index (χ4n) is 2.27. The first-order valence-electron chi connectivity index (χ1n) is 7.99. The molecular formula is C16H19F3N2O4. The van der Waals surface area contributed by atoms with Crippen molar-refractivity contribution < 1.29 is 32.6 Å². The topological polar surface area (TPSA) is 88.5 Å². The molecule has 2 rings (SSSR count). The summed E-state index contributed by atoms with van der Waals surface area (Å²) in [6, 6.07) is 0.501. The fourth-order valence-corrected chi connectivity index (χ4v) is 2.27. The van der Waals surface area contributed by atoms with Crippen molar-refractivity contribution >= 4 is 17.6 Å². The maximum atomic E-state index is 13.0. The minimum Gasteiger partial charge on any atom is -0.493 e. The first-order chi connectivity index (χ1) is 11.7. The number of halogens is 3. The summed E-state index contributed by atoms with van der Waals surface area (Å²) in [5, 5.41) is 12.4. The van der Waals surface area contributed by atoms with Crippen LogP contribution in [0, 0.1) is 0 Å². The van der Waals surface area contributed by atoms with Gasteiger partial charge in [0.25, 0.3) is 0 Å². The number of carbonyl (C=O) groups is 2. The van der Waals surface area contributed by atoms with Gasteiger partial charge in [0.05, 0.1) is 12.2 Å². The second kappa shape index (κ2) is 7.71. The minimum atomic E-state index is -4.87. The third-order valence-electron chi connectivity index (χ3n) is 3.83. The van der Waals surface area contributed by atoms with E-state index in [9.17, 15) is 27.9 Å². The second-order valence-corrected chi connectivity index (χ2v) is 5.85. The summed E-state index contributed by atoms with van der Waals surface area (Å²) in [7, 11) is 0. The van der Waals surface area contributed by atoms with Crippen LogP contribution in [0.1, 0.15) is 54.9 Å². The van der Waals surface area contributed by atoms with Crippen molar-refractivity contribution in [2.45, 2.75) is 51.2 Å². The third-order valence-corrected chi connectivity index (χ3v) is 3.83. The van der Waals surface area contributed by atoms with E-state index >= 15 is 0 Å². The number of ketones is 1. The van der Waals surface area contributed by atoms with Gasteiger partial charge >= 0.3 is 12.1 Å². The van der Waals surface area contributed by atoms with E-state index in [1.54, 1.807) is 6.92 Å². The Hall–Kier alpha value is -2.32. The van der Waals surface area contributed by atoms with Crippen LogP contribution in [0.5, 0.6) is 5.88 Å². The van der Waals surface area contributed by atoms with Crippen molar-refractivity contribution in [2.75, 3.05) is 11.9 Å². The monoisotopic (exact) mass is 360 g/mol. The number of ether oxygens (including phenoxy) is 1. The maximum Gasteiger partial charge on any atom is 0.421 e. The Bertz CT molecular complexity index is 658. The number of carbonyl (C=O) groups excluding carboxylic acids is 2. The maximum absolute atomic E-state index is 13.0. The molecule has 0 radical (unpaired) electrons. The number of rotatable bonds is 7.